The van der Waals surface area contributed by atoms with E-state index in [0.717, 1.165) is 17.5 Å². The van der Waals surface area contributed by atoms with Crippen LogP contribution in [0.25, 0.3) is 10.8 Å². The lowest BCUT2D eigenvalue weighted by Crippen LogP contribution is -2.44. The predicted octanol–water partition coefficient (Wildman–Crippen LogP) is 3.22. The van der Waals surface area contributed by atoms with E-state index >= 15 is 0 Å². The summed E-state index contributed by atoms with van der Waals surface area (Å²) in [5.74, 6) is -0.0208. The lowest BCUT2D eigenvalue weighted by atomic mass is 9.96. The average molecular weight is 422 g/mol. The summed E-state index contributed by atoms with van der Waals surface area (Å²) in [5, 5.41) is 1.48. The van der Waals surface area contributed by atoms with Crippen molar-refractivity contribution in [2.24, 2.45) is 5.92 Å². The number of piperidine rings is 1. The smallest absolute Gasteiger partial charge is 0.243 e. The van der Waals surface area contributed by atoms with E-state index in [-0.39, 0.29) is 11.8 Å². The van der Waals surface area contributed by atoms with Crippen LogP contribution in [0.5, 0.6) is 0 Å². The molecule has 5 rings (SSSR count). The Balaban J connectivity index is 1.33. The van der Waals surface area contributed by atoms with Crippen LogP contribution < -0.4 is 4.90 Å². The highest BCUT2D eigenvalue weighted by molar-refractivity contribution is 7.89. The first-order valence-electron chi connectivity index (χ1n) is 10.3. The molecule has 1 fully saturated rings. The molecule has 154 valence electrons. The van der Waals surface area contributed by atoms with Crippen molar-refractivity contribution in [1.29, 1.82) is 0 Å². The van der Waals surface area contributed by atoms with Crippen molar-refractivity contribution in [1.82, 2.24) is 9.29 Å². The molecular weight excluding hydrogens is 398 g/mol. The molecule has 1 saturated heterocycles. The van der Waals surface area contributed by atoms with Crippen LogP contribution >= 0.6 is 0 Å². The number of hydrogen-bond acceptors (Lipinski definition) is 4. The fraction of sp³-hybridized carbons (Fsp3) is 0.304. The second-order valence-corrected chi connectivity index (χ2v) is 9.81. The van der Waals surface area contributed by atoms with E-state index in [9.17, 15) is 13.2 Å². The number of benzene rings is 2. The first kappa shape index (κ1) is 19.2. The van der Waals surface area contributed by atoms with Crippen LogP contribution in [0.4, 0.5) is 5.69 Å². The Hall–Kier alpha value is -2.77. The highest BCUT2D eigenvalue weighted by Crippen LogP contribution is 2.33. The van der Waals surface area contributed by atoms with Crippen molar-refractivity contribution in [3.8, 4) is 0 Å². The molecular formula is C23H23N3O3S. The third-order valence-corrected chi connectivity index (χ3v) is 8.17. The van der Waals surface area contributed by atoms with Crippen LogP contribution in [0.1, 0.15) is 18.4 Å². The maximum absolute atomic E-state index is 13.3. The van der Waals surface area contributed by atoms with Gasteiger partial charge < -0.3 is 4.90 Å². The van der Waals surface area contributed by atoms with Crippen molar-refractivity contribution < 1.29 is 13.2 Å². The predicted molar refractivity (Wildman–Crippen MR) is 116 cm³/mol. The van der Waals surface area contributed by atoms with E-state index in [1.54, 1.807) is 30.6 Å². The molecule has 0 spiro atoms. The van der Waals surface area contributed by atoms with Crippen LogP contribution in [-0.2, 0) is 21.2 Å². The van der Waals surface area contributed by atoms with Crippen LogP contribution in [0.3, 0.4) is 0 Å². The van der Waals surface area contributed by atoms with Crippen molar-refractivity contribution in [3.05, 3.63) is 66.5 Å². The molecule has 0 unspecified atom stereocenters. The fourth-order valence-electron chi connectivity index (χ4n) is 4.59. The Bertz CT molecular complexity index is 1210. The van der Waals surface area contributed by atoms with Crippen molar-refractivity contribution >= 4 is 32.4 Å². The van der Waals surface area contributed by atoms with Gasteiger partial charge in [0.25, 0.3) is 0 Å². The van der Waals surface area contributed by atoms with E-state index < -0.39 is 10.0 Å². The zero-order valence-corrected chi connectivity index (χ0v) is 17.4. The topological polar surface area (TPSA) is 70.6 Å². The Morgan fingerprint density at radius 2 is 1.77 bits per heavy atom. The molecule has 0 aliphatic carbocycles. The summed E-state index contributed by atoms with van der Waals surface area (Å²) >= 11 is 0. The quantitative estimate of drug-likeness (QED) is 0.651. The van der Waals surface area contributed by atoms with Gasteiger partial charge in [-0.3, -0.25) is 9.78 Å². The number of fused-ring (bicyclic) bond motifs is 2. The minimum Gasteiger partial charge on any atom is -0.312 e. The number of amides is 1. The van der Waals surface area contributed by atoms with Crippen LogP contribution in [0.2, 0.25) is 0 Å². The van der Waals surface area contributed by atoms with E-state index in [1.165, 1.54) is 9.87 Å². The maximum atomic E-state index is 13.3. The number of pyridine rings is 1. The number of carbonyl (C=O) groups excluding carboxylic acids is 1. The van der Waals surface area contributed by atoms with Gasteiger partial charge in [0.1, 0.15) is 0 Å². The summed E-state index contributed by atoms with van der Waals surface area (Å²) in [6.07, 6.45) is 5.25. The second-order valence-electron chi connectivity index (χ2n) is 7.90. The third kappa shape index (κ3) is 3.18. The molecule has 6 nitrogen and oxygen atoms in total. The molecule has 1 aromatic heterocycles. The molecule has 0 atom stereocenters. The molecule has 2 aliphatic heterocycles. The molecule has 1 amide bonds. The molecule has 0 bridgehead atoms. The summed E-state index contributed by atoms with van der Waals surface area (Å²) < 4.78 is 28.1. The largest absolute Gasteiger partial charge is 0.312 e. The molecule has 30 heavy (non-hydrogen) atoms. The Morgan fingerprint density at radius 3 is 2.60 bits per heavy atom. The van der Waals surface area contributed by atoms with E-state index in [1.807, 2.05) is 29.2 Å². The van der Waals surface area contributed by atoms with E-state index in [4.69, 9.17) is 0 Å². The van der Waals surface area contributed by atoms with Crippen LogP contribution in [0, 0.1) is 5.92 Å². The summed E-state index contributed by atoms with van der Waals surface area (Å²) in [6.45, 7) is 1.42. The van der Waals surface area contributed by atoms with E-state index in [0.29, 0.717) is 42.8 Å². The highest BCUT2D eigenvalue weighted by atomic mass is 32.2. The lowest BCUT2D eigenvalue weighted by Gasteiger charge is -2.32. The van der Waals surface area contributed by atoms with Gasteiger partial charge in [-0.2, -0.15) is 4.31 Å². The number of nitrogens with zero attached hydrogens (tertiary/aromatic N) is 3. The normalized spacial score (nSPS) is 17.9. The molecule has 2 aromatic carbocycles. The van der Waals surface area contributed by atoms with Gasteiger partial charge in [-0.1, -0.05) is 30.3 Å². The Morgan fingerprint density at radius 1 is 0.967 bits per heavy atom. The molecule has 0 N–H and O–H groups in total. The standard InChI is InChI=1S/C23H23N3O3S/c27-23(26-15-11-17-4-1-2-6-21(17)26)18-9-13-25(14-10-18)30(28,29)22-7-3-5-19-16-24-12-8-20(19)22/h1-8,12,16,18H,9-11,13-15H2. The minimum atomic E-state index is -3.62. The molecule has 2 aliphatic rings. The van der Waals surface area contributed by atoms with Gasteiger partial charge in [0.2, 0.25) is 15.9 Å². The van der Waals surface area contributed by atoms with Gasteiger partial charge in [0, 0.05) is 54.4 Å². The number of anilines is 1. The first-order valence-corrected chi connectivity index (χ1v) is 11.7. The zero-order chi connectivity index (χ0) is 20.7. The van der Waals surface area contributed by atoms with Gasteiger partial charge in [-0.05, 0) is 43.0 Å². The third-order valence-electron chi connectivity index (χ3n) is 6.21. The van der Waals surface area contributed by atoms with Gasteiger partial charge >= 0.3 is 0 Å². The Kier molecular flexibility index (Phi) is 4.79. The minimum absolute atomic E-state index is 0.119. The fourth-order valence-corrected chi connectivity index (χ4v) is 6.27. The van der Waals surface area contributed by atoms with E-state index in [2.05, 4.69) is 11.1 Å². The van der Waals surface area contributed by atoms with Gasteiger partial charge in [-0.25, -0.2) is 8.42 Å². The highest BCUT2D eigenvalue weighted by Gasteiger charge is 2.36. The van der Waals surface area contributed by atoms with Gasteiger partial charge in [0.05, 0.1) is 4.90 Å². The van der Waals surface area contributed by atoms with Gasteiger partial charge in [-0.15, -0.1) is 0 Å². The van der Waals surface area contributed by atoms with Crippen molar-refractivity contribution in [2.75, 3.05) is 24.5 Å². The summed E-state index contributed by atoms with van der Waals surface area (Å²) in [6, 6.07) is 15.0. The zero-order valence-electron chi connectivity index (χ0n) is 16.6. The number of carbonyl (C=O) groups is 1. The van der Waals surface area contributed by atoms with Crippen LogP contribution in [0.15, 0.2) is 65.8 Å². The Labute approximate surface area is 176 Å². The van der Waals surface area contributed by atoms with Crippen LogP contribution in [-0.4, -0.2) is 43.2 Å². The maximum Gasteiger partial charge on any atom is 0.243 e. The number of sulfonamides is 1. The molecule has 3 heterocycles. The van der Waals surface area contributed by atoms with Crippen molar-refractivity contribution in [2.45, 2.75) is 24.2 Å². The summed E-state index contributed by atoms with van der Waals surface area (Å²) in [5.41, 5.74) is 2.21. The second kappa shape index (κ2) is 7.49. The number of hydrogen-bond donors (Lipinski definition) is 0. The number of rotatable bonds is 3. The first-order chi connectivity index (χ1) is 14.6. The number of para-hydroxylation sites is 1. The molecule has 0 saturated carbocycles. The summed E-state index contributed by atoms with van der Waals surface area (Å²) in [4.78, 5) is 19.4. The molecule has 3 aromatic rings. The molecule has 7 heteroatoms. The monoisotopic (exact) mass is 421 g/mol. The SMILES string of the molecule is O=C(C1CCN(S(=O)(=O)c2cccc3cnccc23)CC1)N1CCc2ccccc21. The number of aromatic nitrogens is 1. The lowest BCUT2D eigenvalue weighted by molar-refractivity contribution is -0.123. The summed E-state index contributed by atoms with van der Waals surface area (Å²) in [7, 11) is -3.62. The van der Waals surface area contributed by atoms with Crippen molar-refractivity contribution in [3.63, 3.8) is 0 Å². The van der Waals surface area contributed by atoms with Gasteiger partial charge in [0.15, 0.2) is 0 Å². The average Bonchev–Trinajstić information content (AvgIpc) is 3.22. The molecule has 0 radical (unpaired) electrons.